The van der Waals surface area contributed by atoms with Gasteiger partial charge in [-0.1, -0.05) is 18.2 Å². The Bertz CT molecular complexity index is 1140. The third-order valence-corrected chi connectivity index (χ3v) is 4.27. The molecular formula is C20H15FN6. The normalized spacial score (nSPS) is 10.6. The van der Waals surface area contributed by atoms with Crippen LogP contribution < -0.4 is 5.32 Å². The molecule has 0 bridgehead atoms. The second-order valence-corrected chi connectivity index (χ2v) is 5.92. The van der Waals surface area contributed by atoms with Crippen LogP contribution in [0, 0.1) is 17.1 Å². The molecular weight excluding hydrogens is 343 g/mol. The lowest BCUT2D eigenvalue weighted by Gasteiger charge is -2.09. The number of H-pyrrole nitrogens is 1. The summed E-state index contributed by atoms with van der Waals surface area (Å²) >= 11 is 0. The van der Waals surface area contributed by atoms with Gasteiger partial charge in [0.15, 0.2) is 0 Å². The molecule has 0 radical (unpaired) electrons. The maximum absolute atomic E-state index is 14.1. The van der Waals surface area contributed by atoms with E-state index in [0.717, 1.165) is 16.8 Å². The second-order valence-electron chi connectivity index (χ2n) is 5.92. The standard InChI is InChI=1S/C20H15FN6/c1-23-20-9-19(14-5-6-15(10-22)18(21)8-14)27(26-20)17-4-2-3-13(7-17)16-11-24-25-12-16/h2-9,11-12H,1H3,(H,23,26)(H,24,25). The summed E-state index contributed by atoms with van der Waals surface area (Å²) in [6, 6.07) is 16.1. The van der Waals surface area contributed by atoms with Crippen molar-refractivity contribution in [3.63, 3.8) is 0 Å². The minimum Gasteiger partial charge on any atom is -0.372 e. The van der Waals surface area contributed by atoms with Crippen LogP contribution in [0.4, 0.5) is 10.2 Å². The second kappa shape index (κ2) is 6.77. The number of benzene rings is 2. The molecule has 0 aliphatic carbocycles. The van der Waals surface area contributed by atoms with Crippen LogP contribution in [-0.4, -0.2) is 27.0 Å². The molecule has 0 aliphatic rings. The summed E-state index contributed by atoms with van der Waals surface area (Å²) in [5, 5.41) is 23.3. The van der Waals surface area contributed by atoms with Gasteiger partial charge in [0.1, 0.15) is 17.7 Å². The van der Waals surface area contributed by atoms with Crippen molar-refractivity contribution in [3.8, 4) is 34.1 Å². The molecule has 6 nitrogen and oxygen atoms in total. The first-order valence-corrected chi connectivity index (χ1v) is 8.27. The van der Waals surface area contributed by atoms with Gasteiger partial charge >= 0.3 is 0 Å². The fourth-order valence-electron chi connectivity index (χ4n) is 2.90. The molecule has 27 heavy (non-hydrogen) atoms. The molecule has 0 aliphatic heterocycles. The van der Waals surface area contributed by atoms with Crippen LogP contribution in [-0.2, 0) is 0 Å². The van der Waals surface area contributed by atoms with Crippen LogP contribution >= 0.6 is 0 Å². The largest absolute Gasteiger partial charge is 0.372 e. The van der Waals surface area contributed by atoms with Crippen molar-refractivity contribution in [1.82, 2.24) is 20.0 Å². The van der Waals surface area contributed by atoms with Gasteiger partial charge in [0, 0.05) is 30.4 Å². The van der Waals surface area contributed by atoms with Crippen molar-refractivity contribution in [2.24, 2.45) is 0 Å². The van der Waals surface area contributed by atoms with Crippen molar-refractivity contribution < 1.29 is 4.39 Å². The lowest BCUT2D eigenvalue weighted by molar-refractivity contribution is 0.624. The number of aromatic nitrogens is 4. The number of nitriles is 1. The first kappa shape index (κ1) is 16.5. The molecule has 2 heterocycles. The van der Waals surface area contributed by atoms with Gasteiger partial charge in [-0.25, -0.2) is 9.07 Å². The van der Waals surface area contributed by atoms with Crippen molar-refractivity contribution in [2.45, 2.75) is 0 Å². The maximum atomic E-state index is 14.1. The average Bonchev–Trinajstić information content (AvgIpc) is 3.38. The van der Waals surface area contributed by atoms with Gasteiger partial charge in [-0.15, -0.1) is 5.10 Å². The van der Waals surface area contributed by atoms with Gasteiger partial charge in [0.2, 0.25) is 0 Å². The predicted molar refractivity (Wildman–Crippen MR) is 101 cm³/mol. The van der Waals surface area contributed by atoms with Crippen LogP contribution in [0.15, 0.2) is 60.9 Å². The number of aromatic amines is 1. The number of hydrogen-bond acceptors (Lipinski definition) is 4. The molecule has 4 rings (SSSR count). The van der Waals surface area contributed by atoms with E-state index in [-0.39, 0.29) is 5.56 Å². The zero-order valence-electron chi connectivity index (χ0n) is 14.4. The number of hydrogen-bond donors (Lipinski definition) is 2. The van der Waals surface area contributed by atoms with Gasteiger partial charge in [-0.3, -0.25) is 5.10 Å². The van der Waals surface area contributed by atoms with E-state index in [1.807, 2.05) is 42.6 Å². The number of rotatable bonds is 4. The smallest absolute Gasteiger partial charge is 0.148 e. The van der Waals surface area contributed by atoms with E-state index in [1.165, 1.54) is 12.1 Å². The highest BCUT2D eigenvalue weighted by Crippen LogP contribution is 2.29. The Morgan fingerprint density at radius 2 is 2.00 bits per heavy atom. The quantitative estimate of drug-likeness (QED) is 0.578. The molecule has 0 fully saturated rings. The summed E-state index contributed by atoms with van der Waals surface area (Å²) in [5.74, 6) is 0.101. The molecule has 0 atom stereocenters. The van der Waals surface area contributed by atoms with Crippen LogP contribution in [0.2, 0.25) is 0 Å². The SMILES string of the molecule is CNc1cc(-c2ccc(C#N)c(F)c2)n(-c2cccc(-c3cn[nH]c3)c2)n1. The first-order valence-electron chi connectivity index (χ1n) is 8.27. The summed E-state index contributed by atoms with van der Waals surface area (Å²) < 4.78 is 15.9. The topological polar surface area (TPSA) is 82.3 Å². The number of nitrogens with zero attached hydrogens (tertiary/aromatic N) is 4. The highest BCUT2D eigenvalue weighted by atomic mass is 19.1. The number of halogens is 1. The highest BCUT2D eigenvalue weighted by Gasteiger charge is 2.14. The van der Waals surface area contributed by atoms with E-state index in [4.69, 9.17) is 5.26 Å². The monoisotopic (exact) mass is 358 g/mol. The molecule has 0 saturated carbocycles. The minimum atomic E-state index is -0.555. The Kier molecular flexibility index (Phi) is 4.15. The van der Waals surface area contributed by atoms with E-state index in [2.05, 4.69) is 20.6 Å². The van der Waals surface area contributed by atoms with Gasteiger partial charge in [-0.2, -0.15) is 10.4 Å². The third-order valence-electron chi connectivity index (χ3n) is 4.27. The van der Waals surface area contributed by atoms with E-state index < -0.39 is 5.82 Å². The Morgan fingerprint density at radius 1 is 1.11 bits per heavy atom. The molecule has 2 N–H and O–H groups in total. The van der Waals surface area contributed by atoms with Crippen molar-refractivity contribution >= 4 is 5.82 Å². The Morgan fingerprint density at radius 3 is 2.70 bits per heavy atom. The molecule has 2 aromatic heterocycles. The fourth-order valence-corrected chi connectivity index (χ4v) is 2.90. The number of anilines is 1. The van der Waals surface area contributed by atoms with Gasteiger partial charge in [0.25, 0.3) is 0 Å². The average molecular weight is 358 g/mol. The summed E-state index contributed by atoms with van der Waals surface area (Å²) in [5.41, 5.74) is 4.14. The minimum absolute atomic E-state index is 0.0145. The Hall–Kier alpha value is -3.92. The molecule has 0 saturated heterocycles. The zero-order valence-corrected chi connectivity index (χ0v) is 14.4. The Labute approximate surface area is 154 Å². The summed E-state index contributed by atoms with van der Waals surface area (Å²) in [6.45, 7) is 0. The van der Waals surface area contributed by atoms with E-state index >= 15 is 0 Å². The van der Waals surface area contributed by atoms with Gasteiger partial charge < -0.3 is 5.32 Å². The summed E-state index contributed by atoms with van der Waals surface area (Å²) in [6.07, 6.45) is 3.57. The van der Waals surface area contributed by atoms with E-state index in [1.54, 1.807) is 24.0 Å². The first-order chi connectivity index (χ1) is 13.2. The summed E-state index contributed by atoms with van der Waals surface area (Å²) in [7, 11) is 1.78. The number of nitrogens with one attached hydrogen (secondary N) is 2. The summed E-state index contributed by atoms with van der Waals surface area (Å²) in [4.78, 5) is 0. The van der Waals surface area contributed by atoms with Crippen LogP contribution in [0.1, 0.15) is 5.56 Å². The van der Waals surface area contributed by atoms with Gasteiger partial charge in [0.05, 0.1) is 23.1 Å². The molecule has 2 aromatic carbocycles. The Balaban J connectivity index is 1.85. The molecule has 0 spiro atoms. The van der Waals surface area contributed by atoms with Gasteiger partial charge in [-0.05, 0) is 29.8 Å². The predicted octanol–water partition coefficient (Wildman–Crippen LogP) is 3.98. The molecule has 0 unspecified atom stereocenters. The lowest BCUT2D eigenvalue weighted by Crippen LogP contribution is -2.00. The fraction of sp³-hybridized carbons (Fsp3) is 0.0500. The maximum Gasteiger partial charge on any atom is 0.148 e. The van der Waals surface area contributed by atoms with Crippen LogP contribution in [0.25, 0.3) is 28.1 Å². The molecule has 132 valence electrons. The molecule has 0 amide bonds. The van der Waals surface area contributed by atoms with Crippen molar-refractivity contribution in [3.05, 3.63) is 72.3 Å². The van der Waals surface area contributed by atoms with Crippen molar-refractivity contribution in [1.29, 1.82) is 5.26 Å². The van der Waals surface area contributed by atoms with E-state index in [9.17, 15) is 4.39 Å². The van der Waals surface area contributed by atoms with Crippen molar-refractivity contribution in [2.75, 3.05) is 12.4 Å². The highest BCUT2D eigenvalue weighted by molar-refractivity contribution is 5.69. The molecule has 4 aromatic rings. The van der Waals surface area contributed by atoms with Crippen LogP contribution in [0.3, 0.4) is 0 Å². The van der Waals surface area contributed by atoms with E-state index in [0.29, 0.717) is 17.1 Å². The third kappa shape index (κ3) is 3.04. The zero-order chi connectivity index (χ0) is 18.8. The van der Waals surface area contributed by atoms with Crippen LogP contribution in [0.5, 0.6) is 0 Å². The lowest BCUT2D eigenvalue weighted by atomic mass is 10.1. The molecule has 7 heteroatoms.